The lowest BCUT2D eigenvalue weighted by Crippen LogP contribution is -2.27. The van der Waals surface area contributed by atoms with Crippen LogP contribution in [-0.4, -0.2) is 51.0 Å². The van der Waals surface area contributed by atoms with Crippen LogP contribution in [-0.2, 0) is 16.0 Å². The van der Waals surface area contributed by atoms with Crippen LogP contribution >= 0.6 is 0 Å². The van der Waals surface area contributed by atoms with Gasteiger partial charge in [0.25, 0.3) is 0 Å². The van der Waals surface area contributed by atoms with E-state index in [1.54, 1.807) is 14.2 Å². The molecule has 1 N–H and O–H groups in total. The first-order chi connectivity index (χ1) is 9.78. The molecule has 2 unspecified atom stereocenters. The molecule has 2 heterocycles. The fourth-order valence-electron chi connectivity index (χ4n) is 2.54. The van der Waals surface area contributed by atoms with Crippen molar-refractivity contribution < 1.29 is 9.47 Å². The lowest BCUT2D eigenvalue weighted by molar-refractivity contribution is -0.00461. The Morgan fingerprint density at radius 1 is 1.30 bits per heavy atom. The van der Waals surface area contributed by atoms with Gasteiger partial charge in [0.15, 0.2) is 0 Å². The highest BCUT2D eigenvalue weighted by atomic mass is 16.5. The minimum atomic E-state index is 0.115. The molecule has 112 valence electrons. The summed E-state index contributed by atoms with van der Waals surface area (Å²) >= 11 is 0. The van der Waals surface area contributed by atoms with Gasteiger partial charge in [0, 0.05) is 40.1 Å². The van der Waals surface area contributed by atoms with E-state index in [9.17, 15) is 0 Å². The Hall–Kier alpha value is -1.17. The monoisotopic (exact) mass is 279 g/mol. The van der Waals surface area contributed by atoms with E-state index in [0.29, 0.717) is 0 Å². The molecule has 0 amide bonds. The number of hydrogen-bond donors (Lipinski definition) is 1. The molecule has 2 rings (SSSR count). The molecule has 1 fully saturated rings. The minimum Gasteiger partial charge on any atom is -0.377 e. The van der Waals surface area contributed by atoms with Crippen molar-refractivity contribution in [1.29, 1.82) is 0 Å². The Bertz CT molecular complexity index is 402. The Morgan fingerprint density at radius 2 is 2.00 bits per heavy atom. The van der Waals surface area contributed by atoms with Crippen molar-refractivity contribution in [3.05, 3.63) is 23.9 Å². The van der Waals surface area contributed by atoms with E-state index in [1.807, 2.05) is 6.20 Å². The molecule has 0 spiro atoms. The zero-order chi connectivity index (χ0) is 14.4. The van der Waals surface area contributed by atoms with E-state index >= 15 is 0 Å². The summed E-state index contributed by atoms with van der Waals surface area (Å²) < 4.78 is 10.9. The molecule has 5 heteroatoms. The largest absolute Gasteiger partial charge is 0.377 e. The van der Waals surface area contributed by atoms with Crippen LogP contribution in [0, 0.1) is 0 Å². The molecular formula is C15H25N3O2. The molecular weight excluding hydrogens is 254 g/mol. The highest BCUT2D eigenvalue weighted by Gasteiger charge is 2.33. The molecule has 1 saturated heterocycles. The second-order valence-corrected chi connectivity index (χ2v) is 5.15. The molecule has 1 aliphatic heterocycles. The number of rotatable bonds is 7. The Balaban J connectivity index is 2.00. The van der Waals surface area contributed by atoms with Gasteiger partial charge in [0.05, 0.1) is 0 Å². The average Bonchev–Trinajstić information content (AvgIpc) is 2.91. The predicted molar refractivity (Wildman–Crippen MR) is 80.0 cm³/mol. The summed E-state index contributed by atoms with van der Waals surface area (Å²) in [5.41, 5.74) is 1.26. The maximum atomic E-state index is 5.47. The van der Waals surface area contributed by atoms with Crippen molar-refractivity contribution in [2.45, 2.75) is 32.1 Å². The van der Waals surface area contributed by atoms with Crippen molar-refractivity contribution in [1.82, 2.24) is 10.3 Å². The lowest BCUT2D eigenvalue weighted by Gasteiger charge is -2.17. The molecule has 1 aliphatic rings. The molecule has 5 nitrogen and oxygen atoms in total. The Morgan fingerprint density at radius 3 is 2.60 bits per heavy atom. The van der Waals surface area contributed by atoms with Crippen LogP contribution in [0.15, 0.2) is 18.3 Å². The molecule has 1 aromatic rings. The van der Waals surface area contributed by atoms with Crippen LogP contribution < -0.4 is 10.2 Å². The Labute approximate surface area is 121 Å². The molecule has 0 saturated carbocycles. The fraction of sp³-hybridized carbons (Fsp3) is 0.667. The number of nitrogens with one attached hydrogen (secondary N) is 1. The average molecular weight is 279 g/mol. The van der Waals surface area contributed by atoms with Crippen LogP contribution in [0.1, 0.15) is 18.9 Å². The van der Waals surface area contributed by atoms with Gasteiger partial charge in [-0.15, -0.1) is 0 Å². The molecule has 0 bridgehead atoms. The molecule has 0 aliphatic carbocycles. The van der Waals surface area contributed by atoms with Crippen LogP contribution in [0.5, 0.6) is 0 Å². The highest BCUT2D eigenvalue weighted by molar-refractivity contribution is 5.43. The van der Waals surface area contributed by atoms with E-state index in [1.165, 1.54) is 5.56 Å². The summed E-state index contributed by atoms with van der Waals surface area (Å²) in [6.45, 7) is 5.75. The third-order valence-electron chi connectivity index (χ3n) is 3.71. The van der Waals surface area contributed by atoms with Gasteiger partial charge in [-0.2, -0.15) is 0 Å². The van der Waals surface area contributed by atoms with Crippen LogP contribution in [0.3, 0.4) is 0 Å². The summed E-state index contributed by atoms with van der Waals surface area (Å²) in [4.78, 5) is 6.70. The van der Waals surface area contributed by atoms with Crippen molar-refractivity contribution >= 4 is 5.82 Å². The molecule has 1 aromatic heterocycles. The topological polar surface area (TPSA) is 46.6 Å². The van der Waals surface area contributed by atoms with Gasteiger partial charge in [-0.3, -0.25) is 0 Å². The maximum absolute atomic E-state index is 5.47. The van der Waals surface area contributed by atoms with E-state index in [2.05, 4.69) is 34.3 Å². The van der Waals surface area contributed by atoms with Crippen LogP contribution in [0.4, 0.5) is 5.82 Å². The van der Waals surface area contributed by atoms with Gasteiger partial charge < -0.3 is 19.7 Å². The van der Waals surface area contributed by atoms with E-state index in [4.69, 9.17) is 9.47 Å². The maximum Gasteiger partial charge on any atom is 0.128 e. The zero-order valence-corrected chi connectivity index (χ0v) is 12.6. The third kappa shape index (κ3) is 3.69. The van der Waals surface area contributed by atoms with E-state index in [-0.39, 0.29) is 12.2 Å². The SMILES string of the molecule is CCCNCc1ccnc(N2CC(OC)C(OC)C2)c1. The van der Waals surface area contributed by atoms with Gasteiger partial charge in [0.1, 0.15) is 18.0 Å². The molecule has 20 heavy (non-hydrogen) atoms. The minimum absolute atomic E-state index is 0.115. The van der Waals surface area contributed by atoms with Crippen LogP contribution in [0.2, 0.25) is 0 Å². The summed E-state index contributed by atoms with van der Waals surface area (Å²) in [5, 5.41) is 3.41. The van der Waals surface area contributed by atoms with Crippen molar-refractivity contribution in [2.24, 2.45) is 0 Å². The van der Waals surface area contributed by atoms with Crippen molar-refractivity contribution in [3.63, 3.8) is 0 Å². The number of nitrogens with zero attached hydrogens (tertiary/aromatic N) is 2. The van der Waals surface area contributed by atoms with Gasteiger partial charge in [-0.05, 0) is 30.7 Å². The second kappa shape index (κ2) is 7.57. The van der Waals surface area contributed by atoms with Gasteiger partial charge in [-0.25, -0.2) is 4.98 Å². The summed E-state index contributed by atoms with van der Waals surface area (Å²) in [6, 6.07) is 4.21. The first kappa shape index (κ1) is 15.2. The predicted octanol–water partition coefficient (Wildman–Crippen LogP) is 1.43. The highest BCUT2D eigenvalue weighted by Crippen LogP contribution is 2.22. The normalized spacial score (nSPS) is 22.4. The first-order valence-corrected chi connectivity index (χ1v) is 7.24. The summed E-state index contributed by atoms with van der Waals surface area (Å²) in [6.07, 6.45) is 3.25. The quantitative estimate of drug-likeness (QED) is 0.765. The molecule has 2 atom stereocenters. The number of anilines is 1. The number of aromatic nitrogens is 1. The van der Waals surface area contributed by atoms with Crippen molar-refractivity contribution in [2.75, 3.05) is 38.8 Å². The standard InChI is InChI=1S/C15H25N3O2/c1-4-6-16-9-12-5-7-17-15(8-12)18-10-13(19-2)14(11-18)20-3/h5,7-8,13-14,16H,4,6,9-11H2,1-3H3. The lowest BCUT2D eigenvalue weighted by atomic mass is 10.2. The number of pyridine rings is 1. The molecule has 0 aromatic carbocycles. The number of methoxy groups -OCH3 is 2. The third-order valence-corrected chi connectivity index (χ3v) is 3.71. The van der Waals surface area contributed by atoms with Gasteiger partial charge in [-0.1, -0.05) is 6.92 Å². The summed E-state index contributed by atoms with van der Waals surface area (Å²) in [5.74, 6) is 1.00. The number of hydrogen-bond acceptors (Lipinski definition) is 5. The fourth-order valence-corrected chi connectivity index (χ4v) is 2.54. The van der Waals surface area contributed by atoms with Gasteiger partial charge in [0.2, 0.25) is 0 Å². The van der Waals surface area contributed by atoms with E-state index < -0.39 is 0 Å². The van der Waals surface area contributed by atoms with Crippen molar-refractivity contribution in [3.8, 4) is 0 Å². The first-order valence-electron chi connectivity index (χ1n) is 7.24. The van der Waals surface area contributed by atoms with Gasteiger partial charge >= 0.3 is 0 Å². The summed E-state index contributed by atoms with van der Waals surface area (Å²) in [7, 11) is 3.47. The zero-order valence-electron chi connectivity index (χ0n) is 12.6. The number of ether oxygens (including phenoxy) is 2. The molecule has 0 radical (unpaired) electrons. The Kier molecular flexibility index (Phi) is 5.76. The second-order valence-electron chi connectivity index (χ2n) is 5.15. The van der Waals surface area contributed by atoms with E-state index in [0.717, 1.165) is 38.4 Å². The van der Waals surface area contributed by atoms with Crippen LogP contribution in [0.25, 0.3) is 0 Å². The smallest absolute Gasteiger partial charge is 0.128 e.